The highest BCUT2D eigenvalue weighted by Gasteiger charge is 2.42. The monoisotopic (exact) mass is 401 g/mol. The third kappa shape index (κ3) is 5.35. The van der Waals surface area contributed by atoms with Crippen LogP contribution in [0.2, 0.25) is 0 Å². The number of carbonyl (C=O) groups excluding carboxylic acids is 3. The Morgan fingerprint density at radius 1 is 1.07 bits per heavy atom. The number of carbonyl (C=O) groups is 3. The van der Waals surface area contributed by atoms with E-state index >= 15 is 0 Å². The second-order valence-corrected chi connectivity index (χ2v) is 7.99. The first-order chi connectivity index (χ1) is 14.0. The Hall–Kier alpha value is -2.41. The van der Waals surface area contributed by atoms with Gasteiger partial charge in [-0.25, -0.2) is 0 Å². The maximum atomic E-state index is 13.2. The Morgan fingerprint density at radius 2 is 1.79 bits per heavy atom. The van der Waals surface area contributed by atoms with Crippen molar-refractivity contribution in [2.45, 2.75) is 45.1 Å². The van der Waals surface area contributed by atoms with E-state index in [0.29, 0.717) is 51.3 Å². The molecule has 0 radical (unpaired) electrons. The largest absolute Gasteiger partial charge is 0.380 e. The maximum Gasteiger partial charge on any atom is 0.253 e. The van der Waals surface area contributed by atoms with Gasteiger partial charge >= 0.3 is 0 Å². The Balaban J connectivity index is 1.69. The van der Waals surface area contributed by atoms with Gasteiger partial charge in [-0.15, -0.1) is 0 Å². The molecule has 2 aliphatic heterocycles. The molecule has 1 aromatic carbocycles. The molecular formula is C22H31N3O4. The van der Waals surface area contributed by atoms with Gasteiger partial charge in [0.15, 0.2) is 0 Å². The first kappa shape index (κ1) is 21.3. The van der Waals surface area contributed by atoms with Gasteiger partial charge in [0.25, 0.3) is 5.91 Å². The summed E-state index contributed by atoms with van der Waals surface area (Å²) in [7, 11) is 0. The first-order valence-corrected chi connectivity index (χ1v) is 10.5. The van der Waals surface area contributed by atoms with Gasteiger partial charge in [-0.1, -0.05) is 24.6 Å². The van der Waals surface area contributed by atoms with Crippen molar-refractivity contribution in [3.05, 3.63) is 35.9 Å². The van der Waals surface area contributed by atoms with Crippen molar-refractivity contribution in [3.8, 4) is 0 Å². The maximum absolute atomic E-state index is 13.2. The molecule has 0 bridgehead atoms. The van der Waals surface area contributed by atoms with E-state index in [-0.39, 0.29) is 17.7 Å². The summed E-state index contributed by atoms with van der Waals surface area (Å²) < 4.78 is 5.56. The zero-order valence-electron chi connectivity index (χ0n) is 17.1. The lowest BCUT2D eigenvalue weighted by Crippen LogP contribution is -2.54. The fraction of sp³-hybridized carbons (Fsp3) is 0.591. The molecule has 1 spiro atoms. The van der Waals surface area contributed by atoms with Gasteiger partial charge in [0.1, 0.15) is 6.04 Å². The van der Waals surface area contributed by atoms with Crippen LogP contribution in [0, 0.1) is 5.41 Å². The zero-order valence-corrected chi connectivity index (χ0v) is 17.1. The third-order valence-corrected chi connectivity index (χ3v) is 5.99. The van der Waals surface area contributed by atoms with E-state index in [1.54, 1.807) is 6.92 Å². The summed E-state index contributed by atoms with van der Waals surface area (Å²) in [4.78, 5) is 39.9. The van der Waals surface area contributed by atoms with Crippen LogP contribution in [0.5, 0.6) is 0 Å². The molecule has 0 aromatic heterocycles. The van der Waals surface area contributed by atoms with Crippen molar-refractivity contribution in [2.24, 2.45) is 5.41 Å². The standard InChI is InChI=1S/C22H31N3O4/c1-17-19(26)23-12-16-29-15-6-5-9-22(21(28)24-17)10-13-25(14-11-22)20(27)18-7-3-2-4-8-18/h2-4,7-8,17H,5-6,9-16H2,1H3,(H,23,26)(H,24,28)/t17-/m0/s1. The third-order valence-electron chi connectivity index (χ3n) is 5.99. The van der Waals surface area contributed by atoms with Crippen LogP contribution in [-0.2, 0) is 14.3 Å². The number of piperidine rings is 1. The Bertz CT molecular complexity index is 714. The predicted molar refractivity (Wildman–Crippen MR) is 109 cm³/mol. The molecule has 158 valence electrons. The minimum atomic E-state index is -0.593. The number of rotatable bonds is 1. The second-order valence-electron chi connectivity index (χ2n) is 7.99. The molecule has 29 heavy (non-hydrogen) atoms. The summed E-state index contributed by atoms with van der Waals surface area (Å²) in [6.45, 7) is 4.34. The van der Waals surface area contributed by atoms with Crippen molar-refractivity contribution < 1.29 is 19.1 Å². The number of amides is 3. The highest BCUT2D eigenvalue weighted by Crippen LogP contribution is 2.37. The van der Waals surface area contributed by atoms with Gasteiger partial charge in [0, 0.05) is 31.8 Å². The van der Waals surface area contributed by atoms with Crippen LogP contribution in [-0.4, -0.2) is 61.5 Å². The molecule has 7 nitrogen and oxygen atoms in total. The minimum absolute atomic E-state index is 0.00615. The van der Waals surface area contributed by atoms with Gasteiger partial charge in [-0.3, -0.25) is 14.4 Å². The molecule has 0 saturated carbocycles. The van der Waals surface area contributed by atoms with Crippen LogP contribution >= 0.6 is 0 Å². The molecule has 7 heteroatoms. The normalized spacial score (nSPS) is 23.9. The smallest absolute Gasteiger partial charge is 0.253 e. The summed E-state index contributed by atoms with van der Waals surface area (Å²) >= 11 is 0. The summed E-state index contributed by atoms with van der Waals surface area (Å²) in [6.07, 6.45) is 3.71. The SMILES string of the molecule is C[C@@H]1NC(=O)C2(CCCCOCCNC1=O)CCN(C(=O)c1ccccc1)CC2. The van der Waals surface area contributed by atoms with Crippen LogP contribution in [0.4, 0.5) is 0 Å². The summed E-state index contributed by atoms with van der Waals surface area (Å²) in [5, 5.41) is 5.70. The summed E-state index contributed by atoms with van der Waals surface area (Å²) in [6, 6.07) is 8.65. The van der Waals surface area contributed by atoms with E-state index in [9.17, 15) is 14.4 Å². The molecule has 2 N–H and O–H groups in total. The highest BCUT2D eigenvalue weighted by molar-refractivity contribution is 5.94. The lowest BCUT2D eigenvalue weighted by Gasteiger charge is -2.41. The fourth-order valence-corrected chi connectivity index (χ4v) is 4.08. The van der Waals surface area contributed by atoms with E-state index in [4.69, 9.17) is 4.74 Å². The number of nitrogens with zero attached hydrogens (tertiary/aromatic N) is 1. The predicted octanol–water partition coefficient (Wildman–Crippen LogP) is 1.73. The lowest BCUT2D eigenvalue weighted by molar-refractivity contribution is -0.137. The molecule has 0 aliphatic carbocycles. The first-order valence-electron chi connectivity index (χ1n) is 10.5. The van der Waals surface area contributed by atoms with E-state index in [1.165, 1.54) is 0 Å². The van der Waals surface area contributed by atoms with E-state index in [1.807, 2.05) is 35.2 Å². The fourth-order valence-electron chi connectivity index (χ4n) is 4.08. The van der Waals surface area contributed by atoms with Crippen LogP contribution in [0.1, 0.15) is 49.4 Å². The van der Waals surface area contributed by atoms with Crippen LogP contribution in [0.3, 0.4) is 0 Å². The van der Waals surface area contributed by atoms with E-state index in [0.717, 1.165) is 19.3 Å². The summed E-state index contributed by atoms with van der Waals surface area (Å²) in [5.74, 6) is -0.271. The van der Waals surface area contributed by atoms with Crippen LogP contribution in [0.25, 0.3) is 0 Å². The Labute approximate surface area is 172 Å². The van der Waals surface area contributed by atoms with Crippen molar-refractivity contribution in [2.75, 3.05) is 32.8 Å². The summed E-state index contributed by atoms with van der Waals surface area (Å²) in [5.41, 5.74) is 0.126. The molecule has 2 heterocycles. The van der Waals surface area contributed by atoms with Gasteiger partial charge in [0.2, 0.25) is 11.8 Å². The molecule has 0 unspecified atom stereocenters. The molecule has 1 atom stereocenters. The number of nitrogens with one attached hydrogen (secondary N) is 2. The molecule has 3 rings (SSSR count). The van der Waals surface area contributed by atoms with Gasteiger partial charge in [-0.05, 0) is 44.7 Å². The number of hydrogen-bond acceptors (Lipinski definition) is 4. The Kier molecular flexibility index (Phi) is 7.25. The van der Waals surface area contributed by atoms with Gasteiger partial charge in [-0.2, -0.15) is 0 Å². The van der Waals surface area contributed by atoms with Crippen molar-refractivity contribution in [3.63, 3.8) is 0 Å². The number of likely N-dealkylation sites (tertiary alicyclic amines) is 1. The van der Waals surface area contributed by atoms with Gasteiger partial charge < -0.3 is 20.3 Å². The van der Waals surface area contributed by atoms with Crippen molar-refractivity contribution >= 4 is 17.7 Å². The molecule has 3 amide bonds. The van der Waals surface area contributed by atoms with Crippen LogP contribution < -0.4 is 10.6 Å². The molecule has 2 aliphatic rings. The number of hydrogen-bond donors (Lipinski definition) is 2. The second kappa shape index (κ2) is 9.87. The number of benzene rings is 1. The quantitative estimate of drug-likeness (QED) is 0.750. The molecule has 2 saturated heterocycles. The van der Waals surface area contributed by atoms with Crippen LogP contribution in [0.15, 0.2) is 30.3 Å². The zero-order chi connectivity index (χ0) is 20.7. The Morgan fingerprint density at radius 3 is 2.52 bits per heavy atom. The number of ether oxygens (including phenoxy) is 1. The van der Waals surface area contributed by atoms with E-state index in [2.05, 4.69) is 10.6 Å². The van der Waals surface area contributed by atoms with E-state index < -0.39 is 11.5 Å². The lowest BCUT2D eigenvalue weighted by atomic mass is 9.73. The minimum Gasteiger partial charge on any atom is -0.380 e. The highest BCUT2D eigenvalue weighted by atomic mass is 16.5. The molecular weight excluding hydrogens is 370 g/mol. The van der Waals surface area contributed by atoms with Gasteiger partial charge in [0.05, 0.1) is 12.0 Å². The average molecular weight is 402 g/mol. The molecule has 2 fully saturated rings. The molecule has 1 aromatic rings. The average Bonchev–Trinajstić information content (AvgIpc) is 2.76. The topological polar surface area (TPSA) is 87.7 Å². The van der Waals surface area contributed by atoms with Crippen molar-refractivity contribution in [1.82, 2.24) is 15.5 Å². The van der Waals surface area contributed by atoms with Crippen molar-refractivity contribution in [1.29, 1.82) is 0 Å².